The van der Waals surface area contributed by atoms with Crippen LogP contribution < -0.4 is 0 Å². The van der Waals surface area contributed by atoms with Crippen LogP contribution in [-0.2, 0) is 6.42 Å². The van der Waals surface area contributed by atoms with Crippen molar-refractivity contribution in [3.8, 4) is 0 Å². The third-order valence-electron chi connectivity index (χ3n) is 1.99. The molecule has 10 heavy (non-hydrogen) atoms. The fourth-order valence-corrected chi connectivity index (χ4v) is 1.36. The van der Waals surface area contributed by atoms with E-state index >= 15 is 0 Å². The lowest BCUT2D eigenvalue weighted by Gasteiger charge is -2.26. The highest BCUT2D eigenvalue weighted by molar-refractivity contribution is 5.41. The van der Waals surface area contributed by atoms with E-state index in [1.807, 2.05) is 24.3 Å². The van der Waals surface area contributed by atoms with E-state index in [0.717, 1.165) is 12.0 Å². The first kappa shape index (κ1) is 5.90. The van der Waals surface area contributed by atoms with E-state index in [2.05, 4.69) is 0 Å². The van der Waals surface area contributed by atoms with Gasteiger partial charge in [-0.3, -0.25) is 0 Å². The van der Waals surface area contributed by atoms with Crippen LogP contribution in [-0.4, -0.2) is 0 Å². The van der Waals surface area contributed by atoms with Gasteiger partial charge in [0.05, 0.1) is 0 Å². The van der Waals surface area contributed by atoms with Gasteiger partial charge in [-0.15, -0.1) is 0 Å². The van der Waals surface area contributed by atoms with Crippen molar-refractivity contribution in [1.29, 1.82) is 0 Å². The van der Waals surface area contributed by atoms with E-state index in [0.29, 0.717) is 0 Å². The molecule has 0 amide bonds. The normalized spacial score (nSPS) is 21.5. The van der Waals surface area contributed by atoms with Crippen molar-refractivity contribution in [3.05, 3.63) is 42.1 Å². The van der Waals surface area contributed by atoms with Gasteiger partial charge in [0.15, 0.2) is 6.67 Å². The lowest BCUT2D eigenvalue weighted by molar-refractivity contribution is 0.497. The van der Waals surface area contributed by atoms with E-state index in [1.165, 1.54) is 5.56 Å². The van der Waals surface area contributed by atoms with E-state index in [1.54, 1.807) is 6.67 Å². The minimum absolute atomic E-state index is 0.0452. The fraction of sp³-hybridized carbons (Fsp3) is 0.222. The summed E-state index contributed by atoms with van der Waals surface area (Å²) >= 11 is 0. The van der Waals surface area contributed by atoms with Crippen molar-refractivity contribution < 1.29 is 4.39 Å². The molecular formula is C9H7F. The van der Waals surface area contributed by atoms with Gasteiger partial charge in [0.1, 0.15) is 0 Å². The van der Waals surface area contributed by atoms with Crippen LogP contribution in [0.2, 0.25) is 0 Å². The van der Waals surface area contributed by atoms with Gasteiger partial charge in [0.25, 0.3) is 0 Å². The predicted molar refractivity (Wildman–Crippen MR) is 37.2 cm³/mol. The summed E-state index contributed by atoms with van der Waals surface area (Å²) in [6, 6.07) is 7.90. The molecule has 0 fully saturated rings. The molecule has 0 heterocycles. The molecule has 0 spiro atoms. The van der Waals surface area contributed by atoms with Crippen molar-refractivity contribution in [2.75, 3.05) is 0 Å². The van der Waals surface area contributed by atoms with E-state index in [4.69, 9.17) is 0 Å². The molecule has 0 aliphatic heterocycles. The SMILES string of the molecule is F[C]C1Cc2ccccc21. The van der Waals surface area contributed by atoms with Crippen molar-refractivity contribution in [3.63, 3.8) is 0 Å². The second-order valence-corrected chi connectivity index (χ2v) is 2.56. The lowest BCUT2D eigenvalue weighted by atomic mass is 9.79. The summed E-state index contributed by atoms with van der Waals surface area (Å²) in [5.74, 6) is -0.0452. The zero-order chi connectivity index (χ0) is 6.97. The number of rotatable bonds is 1. The quantitative estimate of drug-likeness (QED) is 0.553. The van der Waals surface area contributed by atoms with Gasteiger partial charge in [0, 0.05) is 5.92 Å². The molecule has 0 nitrogen and oxygen atoms in total. The molecule has 1 atom stereocenters. The van der Waals surface area contributed by atoms with Crippen LogP contribution in [0, 0.1) is 6.67 Å². The maximum atomic E-state index is 11.9. The second-order valence-electron chi connectivity index (χ2n) is 2.56. The number of hydrogen-bond donors (Lipinski definition) is 0. The Balaban J connectivity index is 2.34. The van der Waals surface area contributed by atoms with Gasteiger partial charge in [-0.1, -0.05) is 24.3 Å². The van der Waals surface area contributed by atoms with E-state index in [9.17, 15) is 4.39 Å². The third-order valence-corrected chi connectivity index (χ3v) is 1.99. The summed E-state index contributed by atoms with van der Waals surface area (Å²) in [7, 11) is 0. The van der Waals surface area contributed by atoms with Crippen LogP contribution in [0.3, 0.4) is 0 Å². The summed E-state index contributed by atoms with van der Waals surface area (Å²) in [6.07, 6.45) is 0.826. The van der Waals surface area contributed by atoms with Gasteiger partial charge in [-0.25, -0.2) is 4.39 Å². The number of halogens is 1. The molecule has 0 saturated carbocycles. The Hall–Kier alpha value is -0.850. The van der Waals surface area contributed by atoms with Crippen LogP contribution in [0.15, 0.2) is 24.3 Å². The Bertz CT molecular complexity index is 242. The van der Waals surface area contributed by atoms with E-state index < -0.39 is 0 Å². The first-order valence-electron chi connectivity index (χ1n) is 3.36. The maximum Gasteiger partial charge on any atom is 0.193 e. The highest BCUT2D eigenvalue weighted by Gasteiger charge is 2.25. The molecule has 1 unspecified atom stereocenters. The fourth-order valence-electron chi connectivity index (χ4n) is 1.36. The summed E-state index contributed by atoms with van der Waals surface area (Å²) in [4.78, 5) is 0. The average molecular weight is 134 g/mol. The molecule has 0 saturated heterocycles. The molecule has 1 aliphatic rings. The first-order valence-corrected chi connectivity index (χ1v) is 3.36. The van der Waals surface area contributed by atoms with Crippen LogP contribution in [0.25, 0.3) is 0 Å². The summed E-state index contributed by atoms with van der Waals surface area (Å²) < 4.78 is 11.9. The highest BCUT2D eigenvalue weighted by atomic mass is 19.1. The Morgan fingerprint density at radius 1 is 1.40 bits per heavy atom. The minimum atomic E-state index is -0.0452. The van der Waals surface area contributed by atoms with Crippen LogP contribution >= 0.6 is 0 Å². The summed E-state index contributed by atoms with van der Waals surface area (Å²) in [6.45, 7) is 1.76. The minimum Gasteiger partial charge on any atom is -0.236 e. The van der Waals surface area contributed by atoms with Crippen LogP contribution in [0.1, 0.15) is 17.0 Å². The number of fused-ring (bicyclic) bond motifs is 1. The third kappa shape index (κ3) is 0.666. The maximum absolute atomic E-state index is 11.9. The standard InChI is InChI=1S/C9H7F/c10-6-8-5-7-3-1-2-4-9(7)8/h1-4,8H,5H2. The van der Waals surface area contributed by atoms with Gasteiger partial charge in [0.2, 0.25) is 0 Å². The Morgan fingerprint density at radius 3 is 2.90 bits per heavy atom. The molecular weight excluding hydrogens is 127 g/mol. The molecule has 1 aromatic carbocycles. The van der Waals surface area contributed by atoms with Crippen LogP contribution in [0.5, 0.6) is 0 Å². The Kier molecular flexibility index (Phi) is 1.23. The largest absolute Gasteiger partial charge is 0.236 e. The lowest BCUT2D eigenvalue weighted by Crippen LogP contribution is -2.15. The van der Waals surface area contributed by atoms with Crippen molar-refractivity contribution in [2.24, 2.45) is 0 Å². The van der Waals surface area contributed by atoms with Gasteiger partial charge in [-0.2, -0.15) is 0 Å². The van der Waals surface area contributed by atoms with Gasteiger partial charge >= 0.3 is 0 Å². The van der Waals surface area contributed by atoms with Crippen molar-refractivity contribution >= 4 is 0 Å². The molecule has 2 rings (SSSR count). The molecule has 2 radical (unpaired) electrons. The Labute approximate surface area is 59.7 Å². The van der Waals surface area contributed by atoms with Crippen molar-refractivity contribution in [1.82, 2.24) is 0 Å². The highest BCUT2D eigenvalue weighted by Crippen LogP contribution is 2.36. The zero-order valence-corrected chi connectivity index (χ0v) is 5.47. The topological polar surface area (TPSA) is 0 Å². The molecule has 0 aromatic heterocycles. The predicted octanol–water partition coefficient (Wildman–Crippen LogP) is 2.33. The molecule has 0 bridgehead atoms. The number of benzene rings is 1. The van der Waals surface area contributed by atoms with Crippen LogP contribution in [0.4, 0.5) is 4.39 Å². The number of hydrogen-bond acceptors (Lipinski definition) is 0. The first-order chi connectivity index (χ1) is 4.92. The second kappa shape index (κ2) is 2.08. The average Bonchev–Trinajstić information content (AvgIpc) is 1.92. The monoisotopic (exact) mass is 134 g/mol. The molecule has 1 aromatic rings. The molecule has 1 aliphatic carbocycles. The summed E-state index contributed by atoms with van der Waals surface area (Å²) in [5, 5.41) is 0. The van der Waals surface area contributed by atoms with Crippen molar-refractivity contribution in [2.45, 2.75) is 12.3 Å². The Morgan fingerprint density at radius 2 is 2.20 bits per heavy atom. The van der Waals surface area contributed by atoms with E-state index in [-0.39, 0.29) is 5.92 Å². The zero-order valence-electron chi connectivity index (χ0n) is 5.47. The smallest absolute Gasteiger partial charge is 0.193 e. The summed E-state index contributed by atoms with van der Waals surface area (Å²) in [5.41, 5.74) is 2.36. The molecule has 50 valence electrons. The van der Waals surface area contributed by atoms with Gasteiger partial charge in [-0.05, 0) is 17.5 Å². The molecule has 0 N–H and O–H groups in total. The van der Waals surface area contributed by atoms with Gasteiger partial charge < -0.3 is 0 Å². The molecule has 1 heteroatoms.